The minimum atomic E-state index is -0.720. The van der Waals surface area contributed by atoms with Gasteiger partial charge in [-0.15, -0.1) is 0 Å². The van der Waals surface area contributed by atoms with E-state index in [1.165, 1.54) is 6.07 Å². The number of hydrogen-bond donors (Lipinski definition) is 1. The van der Waals surface area contributed by atoms with Crippen LogP contribution in [-0.4, -0.2) is 13.0 Å². The average Bonchev–Trinajstić information content (AvgIpc) is 2.60. The number of amides is 1. The van der Waals surface area contributed by atoms with Crippen LogP contribution in [0.15, 0.2) is 57.7 Å². The van der Waals surface area contributed by atoms with E-state index in [1.54, 1.807) is 37.4 Å². The molecule has 0 atom stereocenters. The summed E-state index contributed by atoms with van der Waals surface area (Å²) in [4.78, 5) is 24.3. The van der Waals surface area contributed by atoms with Crippen LogP contribution >= 0.6 is 11.6 Å². The molecule has 0 saturated heterocycles. The highest BCUT2D eigenvalue weighted by molar-refractivity contribution is 6.34. The van der Waals surface area contributed by atoms with Crippen molar-refractivity contribution in [1.29, 1.82) is 0 Å². The van der Waals surface area contributed by atoms with E-state index >= 15 is 0 Å². The summed E-state index contributed by atoms with van der Waals surface area (Å²) in [6, 6.07) is 13.8. The van der Waals surface area contributed by atoms with Crippen LogP contribution in [-0.2, 0) is 6.54 Å². The number of carbonyl (C=O) groups excluding carboxylic acids is 1. The molecule has 6 heteroatoms. The van der Waals surface area contributed by atoms with E-state index < -0.39 is 11.5 Å². The van der Waals surface area contributed by atoms with Crippen LogP contribution in [0.2, 0.25) is 5.02 Å². The fraction of sp³-hybridized carbons (Fsp3) is 0.111. The molecule has 0 fully saturated rings. The minimum Gasteiger partial charge on any atom is -0.497 e. The molecule has 1 amide bonds. The summed E-state index contributed by atoms with van der Waals surface area (Å²) in [6.45, 7) is 0.288. The third-order valence-electron chi connectivity index (χ3n) is 3.57. The molecule has 1 aromatic heterocycles. The van der Waals surface area contributed by atoms with E-state index in [1.807, 2.05) is 12.1 Å². The number of rotatable bonds is 4. The van der Waals surface area contributed by atoms with E-state index in [-0.39, 0.29) is 17.7 Å². The number of para-hydroxylation sites is 1. The molecule has 122 valence electrons. The first kappa shape index (κ1) is 16.1. The van der Waals surface area contributed by atoms with Crippen LogP contribution in [0.4, 0.5) is 0 Å². The van der Waals surface area contributed by atoms with Gasteiger partial charge in [0.05, 0.1) is 12.1 Å². The summed E-state index contributed by atoms with van der Waals surface area (Å²) in [7, 11) is 1.59. The van der Waals surface area contributed by atoms with Gasteiger partial charge in [-0.05, 0) is 29.8 Å². The van der Waals surface area contributed by atoms with Crippen molar-refractivity contribution in [3.63, 3.8) is 0 Å². The van der Waals surface area contributed by atoms with Crippen molar-refractivity contribution < 1.29 is 13.9 Å². The Balaban J connectivity index is 1.80. The van der Waals surface area contributed by atoms with Crippen molar-refractivity contribution in [2.75, 3.05) is 7.11 Å². The predicted molar refractivity (Wildman–Crippen MR) is 91.7 cm³/mol. The summed E-state index contributed by atoms with van der Waals surface area (Å²) in [6.07, 6.45) is 0. The SMILES string of the molecule is COc1ccc(CNC(=O)c2cc3cccc(Cl)c3oc2=O)cc1. The maximum atomic E-state index is 12.3. The van der Waals surface area contributed by atoms with Crippen molar-refractivity contribution in [1.82, 2.24) is 5.32 Å². The van der Waals surface area contributed by atoms with E-state index in [2.05, 4.69) is 5.32 Å². The van der Waals surface area contributed by atoms with Crippen LogP contribution in [0.3, 0.4) is 0 Å². The lowest BCUT2D eigenvalue weighted by Gasteiger charge is -2.07. The van der Waals surface area contributed by atoms with Crippen LogP contribution < -0.4 is 15.7 Å². The van der Waals surface area contributed by atoms with E-state index in [9.17, 15) is 9.59 Å². The number of carbonyl (C=O) groups is 1. The fourth-order valence-corrected chi connectivity index (χ4v) is 2.51. The molecule has 0 aliphatic rings. The molecule has 3 aromatic rings. The molecule has 0 radical (unpaired) electrons. The number of benzene rings is 2. The van der Waals surface area contributed by atoms with Gasteiger partial charge in [0.15, 0.2) is 5.58 Å². The van der Waals surface area contributed by atoms with Gasteiger partial charge in [-0.3, -0.25) is 4.79 Å². The number of halogens is 1. The Hall–Kier alpha value is -2.79. The third-order valence-corrected chi connectivity index (χ3v) is 3.87. The normalized spacial score (nSPS) is 10.6. The summed E-state index contributed by atoms with van der Waals surface area (Å²) in [5.74, 6) is 0.235. The number of ether oxygens (including phenoxy) is 1. The first-order valence-electron chi connectivity index (χ1n) is 7.22. The zero-order valence-corrected chi connectivity index (χ0v) is 13.6. The second kappa shape index (κ2) is 6.76. The lowest BCUT2D eigenvalue weighted by molar-refractivity contribution is 0.0947. The molecule has 0 spiro atoms. The standard InChI is InChI=1S/C18H14ClNO4/c1-23-13-7-5-11(6-8-13)10-20-17(21)14-9-12-3-2-4-15(19)16(12)24-18(14)22/h2-9H,10H2,1H3,(H,20,21). The van der Waals surface area contributed by atoms with Crippen LogP contribution in [0.5, 0.6) is 5.75 Å². The fourth-order valence-electron chi connectivity index (χ4n) is 2.29. The maximum Gasteiger partial charge on any atom is 0.349 e. The molecule has 0 aliphatic heterocycles. The van der Waals surface area contributed by atoms with Gasteiger partial charge in [0.25, 0.3) is 5.91 Å². The number of methoxy groups -OCH3 is 1. The Morgan fingerprint density at radius 3 is 2.67 bits per heavy atom. The largest absolute Gasteiger partial charge is 0.497 e. The van der Waals surface area contributed by atoms with Gasteiger partial charge in [0.2, 0.25) is 0 Å². The molecule has 1 N–H and O–H groups in total. The van der Waals surface area contributed by atoms with Crippen molar-refractivity contribution in [3.8, 4) is 5.75 Å². The van der Waals surface area contributed by atoms with E-state index in [0.717, 1.165) is 11.3 Å². The quantitative estimate of drug-likeness (QED) is 0.737. The molecule has 0 bridgehead atoms. The number of nitrogens with one attached hydrogen (secondary N) is 1. The zero-order chi connectivity index (χ0) is 17.1. The monoisotopic (exact) mass is 343 g/mol. The van der Waals surface area contributed by atoms with Gasteiger partial charge in [-0.25, -0.2) is 4.79 Å². The predicted octanol–water partition coefficient (Wildman–Crippen LogP) is 3.39. The van der Waals surface area contributed by atoms with Crippen molar-refractivity contribution in [2.45, 2.75) is 6.54 Å². The molecule has 0 aliphatic carbocycles. The van der Waals surface area contributed by atoms with Gasteiger partial charge < -0.3 is 14.5 Å². The Kier molecular flexibility index (Phi) is 4.53. The lowest BCUT2D eigenvalue weighted by atomic mass is 10.1. The molecule has 0 unspecified atom stereocenters. The highest BCUT2D eigenvalue weighted by Crippen LogP contribution is 2.22. The molecule has 24 heavy (non-hydrogen) atoms. The summed E-state index contributed by atoms with van der Waals surface area (Å²) >= 11 is 5.98. The molecule has 3 rings (SSSR count). The number of hydrogen-bond acceptors (Lipinski definition) is 4. The topological polar surface area (TPSA) is 68.5 Å². The molecular weight excluding hydrogens is 330 g/mol. The van der Waals surface area contributed by atoms with Gasteiger partial charge in [-0.1, -0.05) is 35.9 Å². The molecule has 2 aromatic carbocycles. The van der Waals surface area contributed by atoms with Crippen LogP contribution in [0.25, 0.3) is 11.0 Å². The average molecular weight is 344 g/mol. The molecule has 0 saturated carbocycles. The summed E-state index contributed by atoms with van der Waals surface area (Å²) in [5, 5.41) is 3.62. The first-order valence-corrected chi connectivity index (χ1v) is 7.60. The van der Waals surface area contributed by atoms with Crippen molar-refractivity contribution >= 4 is 28.5 Å². The highest BCUT2D eigenvalue weighted by Gasteiger charge is 2.14. The third kappa shape index (κ3) is 3.26. The Morgan fingerprint density at radius 1 is 1.21 bits per heavy atom. The molecule has 5 nitrogen and oxygen atoms in total. The highest BCUT2D eigenvalue weighted by atomic mass is 35.5. The van der Waals surface area contributed by atoms with Gasteiger partial charge in [0.1, 0.15) is 11.3 Å². The molecule has 1 heterocycles. The van der Waals surface area contributed by atoms with E-state index in [4.69, 9.17) is 20.8 Å². The second-order valence-corrected chi connectivity index (χ2v) is 5.54. The van der Waals surface area contributed by atoms with Crippen molar-refractivity contribution in [3.05, 3.63) is 75.1 Å². The molecular formula is C18H14ClNO4. The number of fused-ring (bicyclic) bond motifs is 1. The lowest BCUT2D eigenvalue weighted by Crippen LogP contribution is -2.27. The Morgan fingerprint density at radius 2 is 1.96 bits per heavy atom. The Labute approximate surface area is 142 Å². The van der Waals surface area contributed by atoms with Crippen LogP contribution in [0.1, 0.15) is 15.9 Å². The van der Waals surface area contributed by atoms with Crippen molar-refractivity contribution in [2.24, 2.45) is 0 Å². The Bertz CT molecular complexity index is 947. The van der Waals surface area contributed by atoms with Gasteiger partial charge in [-0.2, -0.15) is 0 Å². The van der Waals surface area contributed by atoms with Crippen LogP contribution in [0, 0.1) is 0 Å². The zero-order valence-electron chi connectivity index (χ0n) is 12.8. The van der Waals surface area contributed by atoms with Gasteiger partial charge >= 0.3 is 5.63 Å². The van der Waals surface area contributed by atoms with E-state index in [0.29, 0.717) is 10.4 Å². The first-order chi connectivity index (χ1) is 11.6. The summed E-state index contributed by atoms with van der Waals surface area (Å²) in [5.41, 5.74) is 0.384. The van der Waals surface area contributed by atoms with Gasteiger partial charge in [0, 0.05) is 11.9 Å². The smallest absolute Gasteiger partial charge is 0.349 e. The summed E-state index contributed by atoms with van der Waals surface area (Å²) < 4.78 is 10.2. The second-order valence-electron chi connectivity index (χ2n) is 5.14. The minimum absolute atomic E-state index is 0.0571. The maximum absolute atomic E-state index is 12.3.